The van der Waals surface area contributed by atoms with E-state index >= 15 is 0 Å². The van der Waals surface area contributed by atoms with Gasteiger partial charge in [0, 0.05) is 11.1 Å². The first-order valence-electron chi connectivity index (χ1n) is 6.88. The fourth-order valence-electron chi connectivity index (χ4n) is 2.21. The van der Waals surface area contributed by atoms with Crippen LogP contribution in [0.1, 0.15) is 16.1 Å². The summed E-state index contributed by atoms with van der Waals surface area (Å²) in [5.74, 6) is -4.36. The van der Waals surface area contributed by atoms with E-state index in [1.54, 1.807) is 0 Å². The van der Waals surface area contributed by atoms with Crippen molar-refractivity contribution in [3.05, 3.63) is 41.7 Å². The third-order valence-electron chi connectivity index (χ3n) is 3.50. The smallest absolute Gasteiger partial charge is 0.211 e. The lowest BCUT2D eigenvalue weighted by molar-refractivity contribution is 0.103. The number of nitrogens with zero attached hydrogens (tertiary/aromatic N) is 1. The summed E-state index contributed by atoms with van der Waals surface area (Å²) in [4.78, 5) is 19.0. The van der Waals surface area contributed by atoms with Crippen molar-refractivity contribution in [3.8, 4) is 45.9 Å². The largest absolute Gasteiger partial charge is 0.504 e. The lowest BCUT2D eigenvalue weighted by Gasteiger charge is -2.05. The lowest BCUT2D eigenvalue weighted by atomic mass is 10.1. The Labute approximate surface area is 139 Å². The number of H-pyrrole nitrogens is 1. The molecule has 0 bridgehead atoms. The zero-order valence-corrected chi connectivity index (χ0v) is 12.4. The van der Waals surface area contributed by atoms with Crippen LogP contribution < -0.4 is 0 Å². The third kappa shape index (κ3) is 2.74. The normalized spacial score (nSPS) is 10.7. The van der Waals surface area contributed by atoms with Gasteiger partial charge in [-0.1, -0.05) is 0 Å². The van der Waals surface area contributed by atoms with E-state index in [0.29, 0.717) is 0 Å². The topological polar surface area (TPSA) is 167 Å². The van der Waals surface area contributed by atoms with Crippen LogP contribution in [0, 0.1) is 0 Å². The third-order valence-corrected chi connectivity index (χ3v) is 3.50. The Morgan fingerprint density at radius 2 is 1.28 bits per heavy atom. The van der Waals surface area contributed by atoms with Gasteiger partial charge >= 0.3 is 0 Å². The van der Waals surface area contributed by atoms with E-state index in [2.05, 4.69) is 9.97 Å². The Balaban J connectivity index is 1.98. The molecule has 1 aromatic heterocycles. The molecule has 0 saturated heterocycles. The molecule has 0 saturated carbocycles. The Morgan fingerprint density at radius 3 is 1.80 bits per heavy atom. The van der Waals surface area contributed by atoms with E-state index < -0.39 is 40.3 Å². The van der Waals surface area contributed by atoms with Crippen LogP contribution in [-0.2, 0) is 0 Å². The summed E-state index contributed by atoms with van der Waals surface area (Å²) in [5, 5.41) is 56.7. The predicted octanol–water partition coefficient (Wildman–Crippen LogP) is 1.54. The van der Waals surface area contributed by atoms with Gasteiger partial charge in [-0.3, -0.25) is 4.79 Å². The van der Waals surface area contributed by atoms with Gasteiger partial charge in [0.1, 0.15) is 11.5 Å². The highest BCUT2D eigenvalue weighted by molar-refractivity contribution is 6.08. The van der Waals surface area contributed by atoms with Gasteiger partial charge in [-0.05, 0) is 24.3 Å². The van der Waals surface area contributed by atoms with Crippen LogP contribution in [0.4, 0.5) is 0 Å². The van der Waals surface area contributed by atoms with Crippen LogP contribution in [-0.4, -0.2) is 46.4 Å². The number of phenolic OH excluding ortho intramolecular Hbond substituents is 6. The van der Waals surface area contributed by atoms with Gasteiger partial charge < -0.3 is 35.6 Å². The molecule has 0 unspecified atom stereocenters. The van der Waals surface area contributed by atoms with E-state index in [-0.39, 0.29) is 22.6 Å². The number of aromatic hydroxyl groups is 6. The molecule has 0 radical (unpaired) electrons. The SMILES string of the molecule is O=C(c1cc(O)c(O)c(O)c1)c1cnc(-c2cc(O)c(O)c(O)c2)[nH]1. The summed E-state index contributed by atoms with van der Waals surface area (Å²) in [6, 6.07) is 4.24. The molecule has 3 aromatic rings. The number of carbonyl (C=O) groups is 1. The fourth-order valence-corrected chi connectivity index (χ4v) is 2.21. The van der Waals surface area contributed by atoms with E-state index in [4.69, 9.17) is 0 Å². The molecule has 0 fully saturated rings. The standard InChI is InChI=1S/C16H12N2O7/c19-9-1-6(2-10(20)14(9)24)13(23)8-5-17-16(18-8)7-3-11(21)15(25)12(22)4-7/h1-5,19-22,24-25H,(H,17,18). The second-order valence-electron chi connectivity index (χ2n) is 5.20. The van der Waals surface area contributed by atoms with Crippen molar-refractivity contribution in [2.24, 2.45) is 0 Å². The highest BCUT2D eigenvalue weighted by Crippen LogP contribution is 2.38. The van der Waals surface area contributed by atoms with Gasteiger partial charge in [-0.2, -0.15) is 0 Å². The molecule has 128 valence electrons. The Morgan fingerprint density at radius 1 is 0.800 bits per heavy atom. The lowest BCUT2D eigenvalue weighted by Crippen LogP contribution is -2.01. The first-order valence-corrected chi connectivity index (χ1v) is 6.88. The van der Waals surface area contributed by atoms with Gasteiger partial charge in [0.25, 0.3) is 0 Å². The van der Waals surface area contributed by atoms with Gasteiger partial charge in [0.2, 0.25) is 5.78 Å². The van der Waals surface area contributed by atoms with Crippen LogP contribution >= 0.6 is 0 Å². The summed E-state index contributed by atoms with van der Waals surface area (Å²) >= 11 is 0. The molecule has 9 heteroatoms. The molecule has 2 aromatic carbocycles. The molecule has 3 rings (SSSR count). The van der Waals surface area contributed by atoms with Crippen LogP contribution in [0.15, 0.2) is 30.5 Å². The van der Waals surface area contributed by atoms with Gasteiger partial charge in [-0.15, -0.1) is 0 Å². The van der Waals surface area contributed by atoms with Crippen LogP contribution in [0.2, 0.25) is 0 Å². The van der Waals surface area contributed by atoms with Crippen molar-refractivity contribution in [1.82, 2.24) is 9.97 Å². The molecule has 7 N–H and O–H groups in total. The Hall–Kier alpha value is -3.88. The van der Waals surface area contributed by atoms with Crippen molar-refractivity contribution in [1.29, 1.82) is 0 Å². The summed E-state index contributed by atoms with van der Waals surface area (Å²) < 4.78 is 0. The zero-order chi connectivity index (χ0) is 18.3. The van der Waals surface area contributed by atoms with Gasteiger partial charge in [-0.25, -0.2) is 4.98 Å². The van der Waals surface area contributed by atoms with E-state index in [1.165, 1.54) is 6.20 Å². The number of imidazole rings is 1. The Kier molecular flexibility index (Phi) is 3.61. The maximum absolute atomic E-state index is 12.4. The summed E-state index contributed by atoms with van der Waals surface area (Å²) in [6.07, 6.45) is 1.18. The van der Waals surface area contributed by atoms with Crippen LogP contribution in [0.25, 0.3) is 11.4 Å². The number of nitrogens with one attached hydrogen (secondary N) is 1. The number of hydrogen-bond acceptors (Lipinski definition) is 8. The minimum atomic E-state index is -0.739. The predicted molar refractivity (Wildman–Crippen MR) is 83.9 cm³/mol. The molecular weight excluding hydrogens is 332 g/mol. The number of benzene rings is 2. The number of ketones is 1. The summed E-state index contributed by atoms with van der Waals surface area (Å²) in [6.45, 7) is 0. The minimum absolute atomic E-state index is 0.00783. The average Bonchev–Trinajstić information content (AvgIpc) is 3.06. The molecule has 0 amide bonds. The van der Waals surface area contributed by atoms with Crippen molar-refractivity contribution < 1.29 is 35.4 Å². The van der Waals surface area contributed by atoms with Crippen molar-refractivity contribution in [2.45, 2.75) is 0 Å². The van der Waals surface area contributed by atoms with Crippen molar-refractivity contribution in [2.75, 3.05) is 0 Å². The highest BCUT2D eigenvalue weighted by Gasteiger charge is 2.18. The zero-order valence-electron chi connectivity index (χ0n) is 12.4. The molecule has 0 aliphatic rings. The molecule has 0 atom stereocenters. The first-order chi connectivity index (χ1) is 11.8. The molecule has 9 nitrogen and oxygen atoms in total. The molecule has 0 aliphatic heterocycles. The van der Waals surface area contributed by atoms with Crippen LogP contribution in [0.5, 0.6) is 34.5 Å². The van der Waals surface area contributed by atoms with Crippen molar-refractivity contribution in [3.63, 3.8) is 0 Å². The van der Waals surface area contributed by atoms with E-state index in [9.17, 15) is 35.4 Å². The number of rotatable bonds is 3. The maximum Gasteiger partial charge on any atom is 0.211 e. The number of phenols is 6. The average molecular weight is 344 g/mol. The van der Waals surface area contributed by atoms with E-state index in [0.717, 1.165) is 24.3 Å². The molecule has 25 heavy (non-hydrogen) atoms. The summed E-state index contributed by atoms with van der Waals surface area (Å²) in [7, 11) is 0. The number of aromatic nitrogens is 2. The molecule has 0 aliphatic carbocycles. The highest BCUT2D eigenvalue weighted by atomic mass is 16.3. The minimum Gasteiger partial charge on any atom is -0.504 e. The molecule has 1 heterocycles. The number of carbonyl (C=O) groups excluding carboxylic acids is 1. The number of aromatic amines is 1. The van der Waals surface area contributed by atoms with Gasteiger partial charge in [0.05, 0.1) is 6.20 Å². The van der Waals surface area contributed by atoms with Gasteiger partial charge in [0.15, 0.2) is 34.5 Å². The van der Waals surface area contributed by atoms with E-state index in [1.807, 2.05) is 0 Å². The molecule has 0 spiro atoms. The van der Waals surface area contributed by atoms with Crippen LogP contribution in [0.3, 0.4) is 0 Å². The fraction of sp³-hybridized carbons (Fsp3) is 0. The number of hydrogen-bond donors (Lipinski definition) is 7. The second kappa shape index (κ2) is 5.64. The molecular formula is C16H12N2O7. The van der Waals surface area contributed by atoms with Crippen molar-refractivity contribution >= 4 is 5.78 Å². The second-order valence-corrected chi connectivity index (χ2v) is 5.20. The monoisotopic (exact) mass is 344 g/mol. The Bertz CT molecular complexity index is 948. The first kappa shape index (κ1) is 16.0. The maximum atomic E-state index is 12.4. The quantitative estimate of drug-likeness (QED) is 0.277. The summed E-state index contributed by atoms with van der Waals surface area (Å²) in [5.41, 5.74) is 0.106.